The van der Waals surface area contributed by atoms with Gasteiger partial charge >= 0.3 is 0 Å². The lowest BCUT2D eigenvalue weighted by atomic mass is 10.1. The molecular weight excluding hydrogens is 359 g/mol. The highest BCUT2D eigenvalue weighted by Gasteiger charge is 2.21. The molecule has 0 unspecified atom stereocenters. The summed E-state index contributed by atoms with van der Waals surface area (Å²) < 4.78 is 41.5. The second-order valence-electron chi connectivity index (χ2n) is 4.71. The molecule has 0 aromatic heterocycles. The van der Waals surface area contributed by atoms with Crippen LogP contribution >= 0.6 is 15.9 Å². The number of hydrogen-bond acceptors (Lipinski definition) is 3. The van der Waals surface area contributed by atoms with Gasteiger partial charge in [0.1, 0.15) is 5.82 Å². The van der Waals surface area contributed by atoms with Crippen molar-refractivity contribution in [1.29, 1.82) is 0 Å². The molecule has 0 saturated carbocycles. The minimum absolute atomic E-state index is 0.103. The maximum atomic E-state index is 13.8. The Morgan fingerprint density at radius 3 is 2.24 bits per heavy atom. The van der Waals surface area contributed by atoms with E-state index in [0.717, 1.165) is 0 Å². The van der Waals surface area contributed by atoms with Gasteiger partial charge in [0.15, 0.2) is 0 Å². The number of nitrogens with one attached hydrogen (secondary N) is 1. The van der Waals surface area contributed by atoms with E-state index in [-0.39, 0.29) is 10.6 Å². The third-order valence-electron chi connectivity index (χ3n) is 2.93. The Bertz CT molecular complexity index is 784. The van der Waals surface area contributed by atoms with Gasteiger partial charge in [-0.15, -0.1) is 0 Å². The van der Waals surface area contributed by atoms with Crippen molar-refractivity contribution < 1.29 is 12.8 Å². The third-order valence-corrected chi connectivity index (χ3v) is 5.09. The molecule has 2 rings (SSSR count). The molecule has 112 valence electrons. The van der Waals surface area contributed by atoms with Crippen LogP contribution in [0.4, 0.5) is 15.8 Å². The smallest absolute Gasteiger partial charge is 0.262 e. The fraction of sp³-hybridized carbons (Fsp3) is 0.143. The van der Waals surface area contributed by atoms with Gasteiger partial charge in [0, 0.05) is 10.2 Å². The van der Waals surface area contributed by atoms with Crippen LogP contribution < -0.4 is 10.5 Å². The van der Waals surface area contributed by atoms with Crippen molar-refractivity contribution in [2.45, 2.75) is 18.7 Å². The number of aryl methyl sites for hydroxylation is 2. The molecule has 2 aromatic carbocycles. The van der Waals surface area contributed by atoms with Gasteiger partial charge in [-0.05, 0) is 55.3 Å². The van der Waals surface area contributed by atoms with Crippen LogP contribution in [-0.2, 0) is 10.0 Å². The molecule has 0 aliphatic carbocycles. The number of nitrogens with two attached hydrogens (primary N) is 1. The summed E-state index contributed by atoms with van der Waals surface area (Å²) >= 11 is 3.12. The molecule has 0 saturated heterocycles. The molecule has 0 spiro atoms. The molecule has 0 aliphatic rings. The van der Waals surface area contributed by atoms with Gasteiger partial charge in [0.2, 0.25) is 0 Å². The Labute approximate surface area is 131 Å². The van der Waals surface area contributed by atoms with Crippen LogP contribution in [0.15, 0.2) is 39.7 Å². The normalized spacial score (nSPS) is 11.4. The quantitative estimate of drug-likeness (QED) is 0.808. The zero-order valence-corrected chi connectivity index (χ0v) is 13.8. The number of hydrogen-bond donors (Lipinski definition) is 2. The van der Waals surface area contributed by atoms with E-state index in [9.17, 15) is 12.8 Å². The molecule has 4 nitrogen and oxygen atoms in total. The largest absolute Gasteiger partial charge is 0.399 e. The lowest BCUT2D eigenvalue weighted by Gasteiger charge is -2.14. The van der Waals surface area contributed by atoms with Crippen LogP contribution in [-0.4, -0.2) is 8.42 Å². The highest BCUT2D eigenvalue weighted by molar-refractivity contribution is 9.10. The van der Waals surface area contributed by atoms with Gasteiger partial charge in [-0.3, -0.25) is 4.72 Å². The minimum Gasteiger partial charge on any atom is -0.399 e. The van der Waals surface area contributed by atoms with Crippen LogP contribution in [0.5, 0.6) is 0 Å². The van der Waals surface area contributed by atoms with E-state index >= 15 is 0 Å². The molecular formula is C14H14BrFN2O2S. The van der Waals surface area contributed by atoms with E-state index in [4.69, 9.17) is 5.73 Å². The van der Waals surface area contributed by atoms with Gasteiger partial charge in [0.25, 0.3) is 10.0 Å². The van der Waals surface area contributed by atoms with Crippen molar-refractivity contribution in [2.75, 3.05) is 10.5 Å². The maximum absolute atomic E-state index is 13.8. The van der Waals surface area contributed by atoms with Crippen LogP contribution in [0.25, 0.3) is 0 Å². The number of anilines is 2. The molecule has 0 heterocycles. The molecule has 0 amide bonds. The number of sulfonamides is 1. The molecule has 21 heavy (non-hydrogen) atoms. The van der Waals surface area contributed by atoms with Crippen LogP contribution in [0.2, 0.25) is 0 Å². The molecule has 0 fully saturated rings. The molecule has 0 bridgehead atoms. The first-order valence-electron chi connectivity index (χ1n) is 6.05. The first kappa shape index (κ1) is 15.8. The third kappa shape index (κ3) is 3.36. The Hall–Kier alpha value is -1.60. The lowest BCUT2D eigenvalue weighted by Crippen LogP contribution is -2.16. The van der Waals surface area contributed by atoms with Crippen LogP contribution in [0, 0.1) is 19.7 Å². The van der Waals surface area contributed by atoms with Crippen molar-refractivity contribution in [3.05, 3.63) is 51.7 Å². The Morgan fingerprint density at radius 1 is 1.14 bits per heavy atom. The fourth-order valence-electron chi connectivity index (χ4n) is 2.18. The van der Waals surface area contributed by atoms with Crippen molar-refractivity contribution in [1.82, 2.24) is 0 Å². The zero-order chi connectivity index (χ0) is 15.8. The van der Waals surface area contributed by atoms with E-state index in [1.54, 1.807) is 32.0 Å². The average molecular weight is 373 g/mol. The lowest BCUT2D eigenvalue weighted by molar-refractivity contribution is 0.597. The molecule has 0 aliphatic heterocycles. The van der Waals surface area contributed by atoms with Crippen molar-refractivity contribution in [2.24, 2.45) is 0 Å². The topological polar surface area (TPSA) is 72.2 Å². The monoisotopic (exact) mass is 372 g/mol. The molecule has 2 aromatic rings. The van der Waals surface area contributed by atoms with E-state index < -0.39 is 15.8 Å². The van der Waals surface area contributed by atoms with Gasteiger partial charge in [-0.2, -0.15) is 0 Å². The summed E-state index contributed by atoms with van der Waals surface area (Å²) in [6, 6.07) is 7.25. The summed E-state index contributed by atoms with van der Waals surface area (Å²) in [4.78, 5) is 0.110. The van der Waals surface area contributed by atoms with Crippen molar-refractivity contribution >= 4 is 37.3 Å². The van der Waals surface area contributed by atoms with Crippen molar-refractivity contribution in [3.8, 4) is 0 Å². The molecule has 7 heteroatoms. The van der Waals surface area contributed by atoms with Crippen LogP contribution in [0.3, 0.4) is 0 Å². The standard InChI is InChI=1S/C14H14BrFN2O2S/c1-8-5-11(17)6-9(2)14(8)21(19,20)18-13-4-3-10(15)7-12(13)16/h3-7,18H,17H2,1-2H3. The van der Waals surface area contributed by atoms with Gasteiger partial charge in [-0.25, -0.2) is 12.8 Å². The van der Waals surface area contributed by atoms with Gasteiger partial charge in [-0.1, -0.05) is 15.9 Å². The van der Waals surface area contributed by atoms with Crippen molar-refractivity contribution in [3.63, 3.8) is 0 Å². The summed E-state index contributed by atoms with van der Waals surface area (Å²) in [5, 5.41) is 0. The summed E-state index contributed by atoms with van der Waals surface area (Å²) in [7, 11) is -3.89. The maximum Gasteiger partial charge on any atom is 0.262 e. The predicted molar refractivity (Wildman–Crippen MR) is 85.2 cm³/mol. The van der Waals surface area contributed by atoms with Crippen LogP contribution in [0.1, 0.15) is 11.1 Å². The molecule has 3 N–H and O–H groups in total. The minimum atomic E-state index is -3.89. The second kappa shape index (κ2) is 5.65. The first-order valence-corrected chi connectivity index (χ1v) is 8.33. The van der Waals surface area contributed by atoms with E-state index in [1.807, 2.05) is 0 Å². The number of halogens is 2. The summed E-state index contributed by atoms with van der Waals surface area (Å²) in [6.45, 7) is 3.30. The number of rotatable bonds is 3. The first-order chi connectivity index (χ1) is 9.70. The number of nitrogen functional groups attached to an aromatic ring is 1. The van der Waals surface area contributed by atoms with E-state index in [1.165, 1.54) is 12.1 Å². The summed E-state index contributed by atoms with van der Waals surface area (Å²) in [6.07, 6.45) is 0. The average Bonchev–Trinajstić information content (AvgIpc) is 2.30. The summed E-state index contributed by atoms with van der Waals surface area (Å²) in [5.41, 5.74) is 7.09. The summed E-state index contributed by atoms with van der Waals surface area (Å²) in [5.74, 6) is -0.654. The molecule has 0 atom stereocenters. The Kier molecular flexibility index (Phi) is 4.25. The fourth-order valence-corrected chi connectivity index (χ4v) is 4.03. The highest BCUT2D eigenvalue weighted by atomic mass is 79.9. The SMILES string of the molecule is Cc1cc(N)cc(C)c1S(=O)(=O)Nc1ccc(Br)cc1F. The predicted octanol–water partition coefficient (Wildman–Crippen LogP) is 3.59. The van der Waals surface area contributed by atoms with E-state index in [2.05, 4.69) is 20.7 Å². The number of benzene rings is 2. The highest BCUT2D eigenvalue weighted by Crippen LogP contribution is 2.27. The van der Waals surface area contributed by atoms with Gasteiger partial charge < -0.3 is 5.73 Å². The van der Waals surface area contributed by atoms with Gasteiger partial charge in [0.05, 0.1) is 10.6 Å². The Balaban J connectivity index is 2.48. The Morgan fingerprint density at radius 2 is 1.71 bits per heavy atom. The van der Waals surface area contributed by atoms with E-state index in [0.29, 0.717) is 21.3 Å². The zero-order valence-electron chi connectivity index (χ0n) is 11.4. The second-order valence-corrected chi connectivity index (χ2v) is 7.25. The molecule has 0 radical (unpaired) electrons.